The molecular weight excluding hydrogens is 448 g/mol. The fourth-order valence-electron chi connectivity index (χ4n) is 3.55. The molecule has 0 bridgehead atoms. The van der Waals surface area contributed by atoms with Gasteiger partial charge in [-0.15, -0.1) is 0 Å². The number of ether oxygens (including phenoxy) is 3. The average Bonchev–Trinajstić information content (AvgIpc) is 2.99. The molecule has 1 saturated heterocycles. The van der Waals surface area contributed by atoms with Gasteiger partial charge in [0.15, 0.2) is 11.5 Å². The summed E-state index contributed by atoms with van der Waals surface area (Å²) in [4.78, 5) is 26.6. The molecule has 1 fully saturated rings. The van der Waals surface area contributed by atoms with Gasteiger partial charge >= 0.3 is 5.97 Å². The van der Waals surface area contributed by atoms with Crippen molar-refractivity contribution in [2.24, 2.45) is 0 Å². The first kappa shape index (κ1) is 24.5. The molecule has 0 aromatic heterocycles. The molecule has 10 heteroatoms. The number of benzene rings is 2. The van der Waals surface area contributed by atoms with E-state index < -0.39 is 27.9 Å². The predicted molar refractivity (Wildman–Crippen MR) is 120 cm³/mol. The molecule has 9 nitrogen and oxygen atoms in total. The summed E-state index contributed by atoms with van der Waals surface area (Å²) in [5.41, 5.74) is 0.841. The van der Waals surface area contributed by atoms with Crippen molar-refractivity contribution in [3.8, 4) is 11.5 Å². The van der Waals surface area contributed by atoms with Gasteiger partial charge in [-0.25, -0.2) is 8.42 Å². The molecule has 0 saturated carbocycles. The summed E-state index contributed by atoms with van der Waals surface area (Å²) in [5.74, 6) is -0.346. The van der Waals surface area contributed by atoms with Crippen LogP contribution in [0.3, 0.4) is 0 Å². The highest BCUT2D eigenvalue weighted by Crippen LogP contribution is 2.29. The molecule has 1 atom stereocenters. The van der Waals surface area contributed by atoms with E-state index >= 15 is 0 Å². The van der Waals surface area contributed by atoms with Crippen molar-refractivity contribution in [1.29, 1.82) is 0 Å². The molecule has 3 rings (SSSR count). The summed E-state index contributed by atoms with van der Waals surface area (Å²) < 4.78 is 44.0. The smallest absolute Gasteiger partial charge is 0.325 e. The highest BCUT2D eigenvalue weighted by molar-refractivity contribution is 7.89. The van der Waals surface area contributed by atoms with Crippen LogP contribution in [0.2, 0.25) is 0 Å². The van der Waals surface area contributed by atoms with E-state index in [0.717, 1.165) is 5.56 Å². The third-order valence-corrected chi connectivity index (χ3v) is 6.78. The maximum Gasteiger partial charge on any atom is 0.325 e. The number of hydrogen-bond acceptors (Lipinski definition) is 7. The average molecular weight is 477 g/mol. The van der Waals surface area contributed by atoms with Crippen LogP contribution in [0.15, 0.2) is 53.4 Å². The lowest BCUT2D eigenvalue weighted by molar-refractivity contribution is -0.150. The number of rotatable bonds is 9. The van der Waals surface area contributed by atoms with Crippen molar-refractivity contribution in [3.63, 3.8) is 0 Å². The molecule has 33 heavy (non-hydrogen) atoms. The zero-order valence-corrected chi connectivity index (χ0v) is 19.5. The molecule has 0 spiro atoms. The van der Waals surface area contributed by atoms with Crippen LogP contribution in [0.5, 0.6) is 11.5 Å². The first-order valence-electron chi connectivity index (χ1n) is 10.6. The molecule has 1 N–H and O–H groups in total. The van der Waals surface area contributed by atoms with Crippen molar-refractivity contribution < 1.29 is 32.2 Å². The Morgan fingerprint density at radius 2 is 1.79 bits per heavy atom. The van der Waals surface area contributed by atoms with E-state index in [2.05, 4.69) is 4.72 Å². The van der Waals surface area contributed by atoms with Gasteiger partial charge in [-0.3, -0.25) is 9.59 Å². The molecule has 0 radical (unpaired) electrons. The number of amides is 1. The van der Waals surface area contributed by atoms with Gasteiger partial charge in [-0.1, -0.05) is 30.3 Å². The first-order chi connectivity index (χ1) is 15.8. The molecule has 0 unspecified atom stereocenters. The lowest BCUT2D eigenvalue weighted by Gasteiger charge is -2.24. The monoisotopic (exact) mass is 476 g/mol. The Bertz CT molecular complexity index is 1070. The Hall–Kier alpha value is -3.11. The van der Waals surface area contributed by atoms with Gasteiger partial charge in [0.2, 0.25) is 15.9 Å². The summed E-state index contributed by atoms with van der Waals surface area (Å²) in [6, 6.07) is 12.4. The van der Waals surface area contributed by atoms with E-state index in [0.29, 0.717) is 31.6 Å². The summed E-state index contributed by atoms with van der Waals surface area (Å²) in [6.07, 6.45) is 1.63. The zero-order chi connectivity index (χ0) is 23.8. The number of likely N-dealkylation sites (tertiary alicyclic amines) is 1. The van der Waals surface area contributed by atoms with E-state index in [4.69, 9.17) is 14.2 Å². The van der Waals surface area contributed by atoms with Crippen molar-refractivity contribution in [2.45, 2.75) is 36.8 Å². The summed E-state index contributed by atoms with van der Waals surface area (Å²) in [5, 5.41) is 0. The lowest BCUT2D eigenvalue weighted by Crippen LogP contribution is -2.48. The van der Waals surface area contributed by atoms with Crippen LogP contribution < -0.4 is 14.2 Å². The van der Waals surface area contributed by atoms with E-state index in [1.807, 2.05) is 30.3 Å². The van der Waals surface area contributed by atoms with Crippen molar-refractivity contribution in [1.82, 2.24) is 9.62 Å². The standard InChI is InChI=1S/C23H28N2O7S/c1-30-20-12-11-18(14-21(20)31-2)33(28,29)24-19-10-6-7-13-25(23(19)27)15-22(26)32-16-17-8-4-3-5-9-17/h3-5,8-9,11-12,14,19,24H,6-7,10,13,15-16H2,1-2H3/t19-/m0/s1. The van der Waals surface area contributed by atoms with Crippen LogP contribution in [-0.4, -0.2) is 58.5 Å². The fraction of sp³-hybridized carbons (Fsp3) is 0.391. The number of nitrogens with zero attached hydrogens (tertiary/aromatic N) is 1. The molecule has 2 aromatic rings. The van der Waals surface area contributed by atoms with Gasteiger partial charge < -0.3 is 19.1 Å². The highest BCUT2D eigenvalue weighted by Gasteiger charge is 2.32. The van der Waals surface area contributed by atoms with Gasteiger partial charge in [-0.2, -0.15) is 4.72 Å². The topological polar surface area (TPSA) is 111 Å². The maximum atomic E-state index is 13.0. The largest absolute Gasteiger partial charge is 0.493 e. The molecule has 1 aliphatic heterocycles. The molecule has 0 aliphatic carbocycles. The Morgan fingerprint density at radius 3 is 2.48 bits per heavy atom. The predicted octanol–water partition coefficient (Wildman–Crippen LogP) is 2.11. The first-order valence-corrected chi connectivity index (χ1v) is 12.0. The van der Waals surface area contributed by atoms with Gasteiger partial charge in [0.1, 0.15) is 19.2 Å². The van der Waals surface area contributed by atoms with Crippen molar-refractivity contribution in [3.05, 3.63) is 54.1 Å². The second kappa shape index (κ2) is 11.2. The molecule has 1 heterocycles. The molecule has 1 aliphatic rings. The van der Waals surface area contributed by atoms with E-state index in [9.17, 15) is 18.0 Å². The SMILES string of the molecule is COc1ccc(S(=O)(=O)N[C@H]2CCCCN(CC(=O)OCc3ccccc3)C2=O)cc1OC. The van der Waals surface area contributed by atoms with Crippen LogP contribution in [0.4, 0.5) is 0 Å². The minimum Gasteiger partial charge on any atom is -0.493 e. The zero-order valence-electron chi connectivity index (χ0n) is 18.7. The maximum absolute atomic E-state index is 13.0. The Morgan fingerprint density at radius 1 is 1.06 bits per heavy atom. The summed E-state index contributed by atoms with van der Waals surface area (Å²) in [6.45, 7) is 0.227. The number of carbonyl (C=O) groups excluding carboxylic acids is 2. The van der Waals surface area contributed by atoms with Crippen molar-refractivity contribution >= 4 is 21.9 Å². The van der Waals surface area contributed by atoms with Crippen molar-refractivity contribution in [2.75, 3.05) is 27.3 Å². The van der Waals surface area contributed by atoms with Crippen LogP contribution in [0.25, 0.3) is 0 Å². The lowest BCUT2D eigenvalue weighted by atomic mass is 10.1. The normalized spacial score (nSPS) is 16.7. The minimum atomic E-state index is -4.01. The summed E-state index contributed by atoms with van der Waals surface area (Å²) in [7, 11) is -1.15. The third kappa shape index (κ3) is 6.45. The minimum absolute atomic E-state index is 0.0500. The van der Waals surface area contributed by atoms with Gasteiger partial charge in [-0.05, 0) is 37.0 Å². The second-order valence-electron chi connectivity index (χ2n) is 7.59. The Labute approximate surface area is 193 Å². The Kier molecular flexibility index (Phi) is 8.29. The Balaban J connectivity index is 1.66. The highest BCUT2D eigenvalue weighted by atomic mass is 32.2. The number of esters is 1. The van der Waals surface area contributed by atoms with Gasteiger partial charge in [0.05, 0.1) is 19.1 Å². The number of nitrogens with one attached hydrogen (secondary N) is 1. The van der Waals surface area contributed by atoms with E-state index in [1.165, 1.54) is 37.3 Å². The third-order valence-electron chi connectivity index (χ3n) is 5.31. The molecule has 2 aromatic carbocycles. The second-order valence-corrected chi connectivity index (χ2v) is 9.31. The fourth-order valence-corrected chi connectivity index (χ4v) is 4.79. The molecule has 1 amide bonds. The van der Waals surface area contributed by atoms with E-state index in [-0.39, 0.29) is 23.8 Å². The van der Waals surface area contributed by atoms with E-state index in [1.54, 1.807) is 0 Å². The quantitative estimate of drug-likeness (QED) is 0.552. The van der Waals surface area contributed by atoms with Crippen LogP contribution in [0.1, 0.15) is 24.8 Å². The van der Waals surface area contributed by atoms with Crippen LogP contribution in [0, 0.1) is 0 Å². The number of sulfonamides is 1. The van der Waals surface area contributed by atoms with Crippen LogP contribution in [-0.2, 0) is 31.0 Å². The van der Waals surface area contributed by atoms with Gasteiger partial charge in [0.25, 0.3) is 0 Å². The summed E-state index contributed by atoms with van der Waals surface area (Å²) >= 11 is 0. The number of carbonyl (C=O) groups is 2. The molecule has 178 valence electrons. The van der Waals surface area contributed by atoms with Gasteiger partial charge in [0, 0.05) is 12.6 Å². The number of methoxy groups -OCH3 is 2. The number of hydrogen-bond donors (Lipinski definition) is 1. The molecular formula is C23H28N2O7S. The van der Waals surface area contributed by atoms with Crippen LogP contribution >= 0.6 is 0 Å².